The number of hydrogen-bond donors (Lipinski definition) is 2. The van der Waals surface area contributed by atoms with Crippen molar-refractivity contribution in [3.63, 3.8) is 0 Å². The van der Waals surface area contributed by atoms with Crippen LogP contribution < -0.4 is 15.2 Å². The molecule has 1 amide bonds. The van der Waals surface area contributed by atoms with E-state index in [2.05, 4.69) is 10.1 Å². The number of methoxy groups -OCH3 is 1. The van der Waals surface area contributed by atoms with Gasteiger partial charge in [0.15, 0.2) is 11.6 Å². The second-order valence-electron chi connectivity index (χ2n) is 4.16. The van der Waals surface area contributed by atoms with Crippen molar-refractivity contribution in [1.29, 1.82) is 0 Å². The highest BCUT2D eigenvalue weighted by molar-refractivity contribution is 7.89. The van der Waals surface area contributed by atoms with E-state index in [1.54, 1.807) is 13.8 Å². The minimum atomic E-state index is -4.20. The Kier molecular flexibility index (Phi) is 4.48. The summed E-state index contributed by atoms with van der Waals surface area (Å²) in [5.74, 6) is -2.08. The minimum absolute atomic E-state index is 0.143. The zero-order valence-corrected chi connectivity index (χ0v) is 11.5. The number of rotatable bonds is 4. The van der Waals surface area contributed by atoms with Crippen LogP contribution in [0.4, 0.5) is 4.39 Å². The van der Waals surface area contributed by atoms with Gasteiger partial charge < -0.3 is 10.1 Å². The maximum atomic E-state index is 13.7. The number of carbonyl (C=O) groups excluding carboxylic acids is 1. The molecule has 6 nitrogen and oxygen atoms in total. The quantitative estimate of drug-likeness (QED) is 0.849. The van der Waals surface area contributed by atoms with Crippen molar-refractivity contribution in [2.24, 2.45) is 5.14 Å². The summed E-state index contributed by atoms with van der Waals surface area (Å²) in [6, 6.07) is 1.70. The number of carbonyl (C=O) groups is 1. The standard InChI is InChI=1S/C11H15FN2O4S/c1-6(2)14-11(15)7-4-8(12)10(18-3)9(5-7)19(13,16)17/h4-6H,1-3H3,(H,14,15)(H2,13,16,17). The first-order chi connectivity index (χ1) is 8.66. The van der Waals surface area contributed by atoms with Crippen molar-refractivity contribution in [1.82, 2.24) is 5.32 Å². The molecule has 106 valence electrons. The van der Waals surface area contributed by atoms with Crippen LogP contribution in [0.15, 0.2) is 17.0 Å². The lowest BCUT2D eigenvalue weighted by Gasteiger charge is -2.12. The number of hydrogen-bond acceptors (Lipinski definition) is 4. The van der Waals surface area contributed by atoms with Gasteiger partial charge in [-0.15, -0.1) is 0 Å². The fourth-order valence-corrected chi connectivity index (χ4v) is 2.18. The number of primary sulfonamides is 1. The number of benzene rings is 1. The molecule has 0 bridgehead atoms. The Morgan fingerprint density at radius 3 is 2.42 bits per heavy atom. The number of halogens is 1. The molecule has 0 saturated heterocycles. The lowest BCUT2D eigenvalue weighted by atomic mass is 10.2. The van der Waals surface area contributed by atoms with E-state index in [0.717, 1.165) is 19.2 Å². The summed E-state index contributed by atoms with van der Waals surface area (Å²) in [5.41, 5.74) is -0.143. The highest BCUT2D eigenvalue weighted by Gasteiger charge is 2.22. The number of nitrogens with one attached hydrogen (secondary N) is 1. The van der Waals surface area contributed by atoms with Crippen molar-refractivity contribution in [3.05, 3.63) is 23.5 Å². The van der Waals surface area contributed by atoms with Gasteiger partial charge >= 0.3 is 0 Å². The third-order valence-electron chi connectivity index (χ3n) is 2.20. The lowest BCUT2D eigenvalue weighted by molar-refractivity contribution is 0.0942. The molecular weight excluding hydrogens is 275 g/mol. The van der Waals surface area contributed by atoms with Crippen LogP contribution in [0, 0.1) is 5.82 Å². The molecule has 0 heterocycles. The lowest BCUT2D eigenvalue weighted by Crippen LogP contribution is -2.30. The largest absolute Gasteiger partial charge is 0.492 e. The summed E-state index contributed by atoms with van der Waals surface area (Å²) >= 11 is 0. The van der Waals surface area contributed by atoms with Gasteiger partial charge in [0.05, 0.1) is 7.11 Å². The number of ether oxygens (including phenoxy) is 1. The van der Waals surface area contributed by atoms with Crippen LogP contribution >= 0.6 is 0 Å². The second-order valence-corrected chi connectivity index (χ2v) is 5.69. The average Bonchev–Trinajstić information content (AvgIpc) is 2.25. The van der Waals surface area contributed by atoms with Crippen molar-refractivity contribution in [3.8, 4) is 5.75 Å². The molecule has 0 fully saturated rings. The SMILES string of the molecule is COc1c(F)cc(C(=O)NC(C)C)cc1S(N)(=O)=O. The van der Waals surface area contributed by atoms with Crippen molar-refractivity contribution < 1.29 is 22.3 Å². The van der Waals surface area contributed by atoms with E-state index in [4.69, 9.17) is 5.14 Å². The van der Waals surface area contributed by atoms with Gasteiger partial charge in [-0.05, 0) is 26.0 Å². The highest BCUT2D eigenvalue weighted by atomic mass is 32.2. The first kappa shape index (κ1) is 15.4. The van der Waals surface area contributed by atoms with Gasteiger partial charge in [-0.3, -0.25) is 4.79 Å². The zero-order valence-electron chi connectivity index (χ0n) is 10.7. The van der Waals surface area contributed by atoms with E-state index in [-0.39, 0.29) is 11.6 Å². The highest BCUT2D eigenvalue weighted by Crippen LogP contribution is 2.27. The van der Waals surface area contributed by atoms with Crippen LogP contribution in [0.5, 0.6) is 5.75 Å². The summed E-state index contributed by atoms with van der Waals surface area (Å²) in [6.45, 7) is 3.44. The summed E-state index contributed by atoms with van der Waals surface area (Å²) in [5, 5.41) is 7.49. The van der Waals surface area contributed by atoms with Crippen LogP contribution in [0.1, 0.15) is 24.2 Å². The van der Waals surface area contributed by atoms with Crippen molar-refractivity contribution >= 4 is 15.9 Å². The summed E-state index contributed by atoms with van der Waals surface area (Å²) < 4.78 is 41.1. The maximum Gasteiger partial charge on any atom is 0.251 e. The molecule has 0 unspecified atom stereocenters. The zero-order chi connectivity index (χ0) is 14.8. The Morgan fingerprint density at radius 2 is 2.00 bits per heavy atom. The third kappa shape index (κ3) is 3.65. The molecule has 1 aromatic carbocycles. The molecule has 3 N–H and O–H groups in total. The van der Waals surface area contributed by atoms with Gasteiger partial charge in [0.25, 0.3) is 5.91 Å². The molecule has 0 aliphatic heterocycles. The molecule has 1 aromatic rings. The van der Waals surface area contributed by atoms with Gasteiger partial charge in [-0.25, -0.2) is 17.9 Å². The molecule has 8 heteroatoms. The topological polar surface area (TPSA) is 98.5 Å². The van der Waals surface area contributed by atoms with E-state index in [9.17, 15) is 17.6 Å². The molecule has 0 radical (unpaired) electrons. The number of nitrogens with two attached hydrogens (primary N) is 1. The van der Waals surface area contributed by atoms with Gasteiger partial charge in [0.2, 0.25) is 10.0 Å². The summed E-state index contributed by atoms with van der Waals surface area (Å²) in [6.07, 6.45) is 0. The molecule has 0 aliphatic rings. The van der Waals surface area contributed by atoms with Crippen LogP contribution in [0.25, 0.3) is 0 Å². The molecule has 0 spiro atoms. The normalized spacial score (nSPS) is 11.5. The first-order valence-corrected chi connectivity index (χ1v) is 6.92. The predicted octanol–water partition coefficient (Wildman–Crippen LogP) is 0.620. The summed E-state index contributed by atoms with van der Waals surface area (Å²) in [4.78, 5) is 11.2. The summed E-state index contributed by atoms with van der Waals surface area (Å²) in [7, 11) is -3.09. The Balaban J connectivity index is 3.40. The van der Waals surface area contributed by atoms with E-state index in [1.807, 2.05) is 0 Å². The van der Waals surface area contributed by atoms with Crippen LogP contribution in [0.3, 0.4) is 0 Å². The van der Waals surface area contributed by atoms with E-state index < -0.39 is 32.4 Å². The molecule has 1 rings (SSSR count). The van der Waals surface area contributed by atoms with Crippen LogP contribution in [-0.2, 0) is 10.0 Å². The van der Waals surface area contributed by atoms with Gasteiger partial charge in [-0.2, -0.15) is 0 Å². The van der Waals surface area contributed by atoms with Gasteiger partial charge in [0.1, 0.15) is 4.90 Å². The molecule has 0 saturated carbocycles. The smallest absolute Gasteiger partial charge is 0.251 e. The second kappa shape index (κ2) is 5.54. The third-order valence-corrected chi connectivity index (χ3v) is 3.12. The molecule has 0 aliphatic carbocycles. The molecule has 19 heavy (non-hydrogen) atoms. The minimum Gasteiger partial charge on any atom is -0.492 e. The molecule has 0 atom stereocenters. The fourth-order valence-electron chi connectivity index (χ4n) is 1.45. The number of sulfonamides is 1. The molecule has 0 aromatic heterocycles. The van der Waals surface area contributed by atoms with E-state index in [0.29, 0.717) is 0 Å². The number of amides is 1. The average molecular weight is 290 g/mol. The Hall–Kier alpha value is -1.67. The van der Waals surface area contributed by atoms with Crippen LogP contribution in [0.2, 0.25) is 0 Å². The fraction of sp³-hybridized carbons (Fsp3) is 0.364. The monoisotopic (exact) mass is 290 g/mol. The van der Waals surface area contributed by atoms with E-state index >= 15 is 0 Å². The van der Waals surface area contributed by atoms with Gasteiger partial charge in [-0.1, -0.05) is 0 Å². The Labute approximate surface area is 110 Å². The predicted molar refractivity (Wildman–Crippen MR) is 66.9 cm³/mol. The molecular formula is C11H15FN2O4S. The first-order valence-electron chi connectivity index (χ1n) is 5.38. The van der Waals surface area contributed by atoms with E-state index in [1.165, 1.54) is 0 Å². The Morgan fingerprint density at radius 1 is 1.42 bits per heavy atom. The van der Waals surface area contributed by atoms with Crippen molar-refractivity contribution in [2.45, 2.75) is 24.8 Å². The maximum absolute atomic E-state index is 13.7. The van der Waals surface area contributed by atoms with Crippen LogP contribution in [-0.4, -0.2) is 27.5 Å². The Bertz CT molecular complexity index is 599. The van der Waals surface area contributed by atoms with Crippen molar-refractivity contribution in [2.75, 3.05) is 7.11 Å². The van der Waals surface area contributed by atoms with Gasteiger partial charge in [0, 0.05) is 11.6 Å².